The molecule has 0 atom stereocenters. The fourth-order valence-electron chi connectivity index (χ4n) is 2.18. The number of hydrogen-bond acceptors (Lipinski definition) is 4. The van der Waals surface area contributed by atoms with Crippen LogP contribution in [0.3, 0.4) is 0 Å². The van der Waals surface area contributed by atoms with Gasteiger partial charge in [0, 0.05) is 11.8 Å². The van der Waals surface area contributed by atoms with Gasteiger partial charge in [-0.05, 0) is 30.4 Å². The zero-order valence-corrected chi connectivity index (χ0v) is 12.4. The Hall–Kier alpha value is -2.80. The van der Waals surface area contributed by atoms with E-state index in [-0.39, 0.29) is 28.0 Å². The summed E-state index contributed by atoms with van der Waals surface area (Å²) in [5.74, 6) is -1.03. The minimum atomic E-state index is -0.631. The molecule has 2 heterocycles. The smallest absolute Gasteiger partial charge is 0.306 e. The van der Waals surface area contributed by atoms with Gasteiger partial charge in [0.1, 0.15) is 23.6 Å². The van der Waals surface area contributed by atoms with Gasteiger partial charge in [0.15, 0.2) is 0 Å². The Morgan fingerprint density at radius 2 is 2.04 bits per heavy atom. The van der Waals surface area contributed by atoms with Crippen molar-refractivity contribution in [2.45, 2.75) is 0 Å². The maximum atomic E-state index is 14.1. The summed E-state index contributed by atoms with van der Waals surface area (Å²) in [5.41, 5.74) is 12.0. The SMILES string of the molecule is N/C(=C\C=C(/N)Cl)c1c(-c2cc(F)ccc2F)nc2occn12. The number of nitrogens with zero attached hydrogens (tertiary/aromatic N) is 2. The maximum Gasteiger partial charge on any atom is 0.306 e. The van der Waals surface area contributed by atoms with Crippen LogP contribution < -0.4 is 11.5 Å². The lowest BCUT2D eigenvalue weighted by molar-refractivity contribution is 0.594. The van der Waals surface area contributed by atoms with Crippen LogP contribution in [0, 0.1) is 11.6 Å². The summed E-state index contributed by atoms with van der Waals surface area (Å²) in [4.78, 5) is 4.18. The highest BCUT2D eigenvalue weighted by Crippen LogP contribution is 2.30. The van der Waals surface area contributed by atoms with Crippen molar-refractivity contribution in [3.05, 3.63) is 65.3 Å². The van der Waals surface area contributed by atoms with E-state index in [1.54, 1.807) is 6.20 Å². The van der Waals surface area contributed by atoms with Crippen LogP contribution >= 0.6 is 11.6 Å². The van der Waals surface area contributed by atoms with Crippen molar-refractivity contribution in [2.75, 3.05) is 0 Å². The van der Waals surface area contributed by atoms with E-state index in [1.807, 2.05) is 0 Å². The molecule has 0 saturated heterocycles. The van der Waals surface area contributed by atoms with Crippen LogP contribution in [0.1, 0.15) is 5.69 Å². The molecule has 0 fully saturated rings. The normalized spacial score (nSPS) is 13.0. The standard InChI is InChI=1S/C15H11ClF2N4O/c16-12(20)4-3-11(19)14-13(21-15-22(14)5-6-23-15)9-7-8(17)1-2-10(9)18/h1-7H,19-20H2/b11-3-,12-4-. The summed E-state index contributed by atoms with van der Waals surface area (Å²) in [5, 5.41) is 0.0272. The minimum absolute atomic E-state index is 0.0272. The second-order valence-electron chi connectivity index (χ2n) is 4.66. The summed E-state index contributed by atoms with van der Waals surface area (Å²) in [6, 6.07) is 3.08. The van der Waals surface area contributed by atoms with Crippen molar-refractivity contribution in [3.63, 3.8) is 0 Å². The fourth-order valence-corrected chi connectivity index (χ4v) is 2.24. The zero-order valence-electron chi connectivity index (χ0n) is 11.6. The third-order valence-corrected chi connectivity index (χ3v) is 3.27. The van der Waals surface area contributed by atoms with Gasteiger partial charge in [-0.1, -0.05) is 11.6 Å². The number of imidazole rings is 1. The second kappa shape index (κ2) is 5.77. The molecule has 0 bridgehead atoms. The molecule has 0 unspecified atom stereocenters. The Labute approximate surface area is 134 Å². The summed E-state index contributed by atoms with van der Waals surface area (Å²) >= 11 is 5.57. The molecule has 0 aliphatic heterocycles. The summed E-state index contributed by atoms with van der Waals surface area (Å²) < 4.78 is 34.3. The third-order valence-electron chi connectivity index (χ3n) is 3.14. The number of fused-ring (bicyclic) bond motifs is 1. The number of aromatic nitrogens is 2. The highest BCUT2D eigenvalue weighted by Gasteiger charge is 2.20. The molecular weight excluding hydrogens is 326 g/mol. The van der Waals surface area contributed by atoms with Gasteiger partial charge in [0.05, 0.1) is 16.5 Å². The number of oxazole rings is 1. The van der Waals surface area contributed by atoms with Gasteiger partial charge in [0.2, 0.25) is 0 Å². The summed E-state index contributed by atoms with van der Waals surface area (Å²) in [6.07, 6.45) is 5.78. The molecule has 3 aromatic rings. The predicted octanol–water partition coefficient (Wildman–Crippen LogP) is 3.21. The Bertz CT molecular complexity index is 938. The lowest BCUT2D eigenvalue weighted by atomic mass is 10.1. The van der Waals surface area contributed by atoms with Crippen molar-refractivity contribution < 1.29 is 13.2 Å². The molecular formula is C15H11ClF2N4O. The van der Waals surface area contributed by atoms with Crippen LogP contribution in [0.4, 0.5) is 8.78 Å². The van der Waals surface area contributed by atoms with E-state index in [0.29, 0.717) is 5.69 Å². The van der Waals surface area contributed by atoms with Gasteiger partial charge in [-0.2, -0.15) is 4.98 Å². The maximum absolute atomic E-state index is 14.1. The van der Waals surface area contributed by atoms with E-state index < -0.39 is 11.6 Å². The molecule has 4 N–H and O–H groups in total. The first-order valence-corrected chi connectivity index (χ1v) is 6.85. The predicted molar refractivity (Wildman–Crippen MR) is 83.1 cm³/mol. The highest BCUT2D eigenvalue weighted by molar-refractivity contribution is 6.29. The van der Waals surface area contributed by atoms with Crippen molar-refractivity contribution in [1.82, 2.24) is 9.38 Å². The van der Waals surface area contributed by atoms with E-state index in [0.717, 1.165) is 18.2 Å². The number of allylic oxidation sites excluding steroid dienone is 2. The molecule has 0 spiro atoms. The fraction of sp³-hybridized carbons (Fsp3) is 0. The Morgan fingerprint density at radius 3 is 2.78 bits per heavy atom. The third kappa shape index (κ3) is 2.78. The lowest BCUT2D eigenvalue weighted by Gasteiger charge is -2.05. The van der Waals surface area contributed by atoms with E-state index in [9.17, 15) is 8.78 Å². The van der Waals surface area contributed by atoms with Gasteiger partial charge >= 0.3 is 5.84 Å². The highest BCUT2D eigenvalue weighted by atomic mass is 35.5. The molecule has 0 amide bonds. The average Bonchev–Trinajstić information content (AvgIpc) is 3.07. The Morgan fingerprint density at radius 1 is 1.26 bits per heavy atom. The molecule has 3 rings (SSSR count). The first kappa shape index (κ1) is 15.1. The van der Waals surface area contributed by atoms with Crippen LogP contribution in [0.2, 0.25) is 0 Å². The van der Waals surface area contributed by atoms with Crippen molar-refractivity contribution >= 4 is 23.1 Å². The van der Waals surface area contributed by atoms with Gasteiger partial charge < -0.3 is 15.9 Å². The topological polar surface area (TPSA) is 82.5 Å². The molecule has 1 aromatic carbocycles. The molecule has 23 heavy (non-hydrogen) atoms. The first-order chi connectivity index (χ1) is 11.0. The Balaban J connectivity index is 2.27. The van der Waals surface area contributed by atoms with E-state index in [4.69, 9.17) is 27.5 Å². The number of hydrogen-bond donors (Lipinski definition) is 2. The van der Waals surface area contributed by atoms with E-state index >= 15 is 0 Å². The molecule has 0 saturated carbocycles. The molecule has 8 heteroatoms. The average molecular weight is 337 g/mol. The van der Waals surface area contributed by atoms with Crippen molar-refractivity contribution in [1.29, 1.82) is 0 Å². The van der Waals surface area contributed by atoms with Crippen LogP contribution in [0.25, 0.3) is 22.8 Å². The van der Waals surface area contributed by atoms with Crippen molar-refractivity contribution in [2.24, 2.45) is 11.5 Å². The number of rotatable bonds is 3. The van der Waals surface area contributed by atoms with E-state index in [2.05, 4.69) is 4.98 Å². The van der Waals surface area contributed by atoms with Gasteiger partial charge in [-0.25, -0.2) is 8.78 Å². The first-order valence-electron chi connectivity index (χ1n) is 6.47. The van der Waals surface area contributed by atoms with Crippen LogP contribution in [0.5, 0.6) is 0 Å². The van der Waals surface area contributed by atoms with Gasteiger partial charge in [0.25, 0.3) is 0 Å². The van der Waals surface area contributed by atoms with Gasteiger partial charge in [-0.15, -0.1) is 0 Å². The number of nitrogens with two attached hydrogens (primary N) is 2. The molecule has 118 valence electrons. The summed E-state index contributed by atoms with van der Waals surface area (Å²) in [7, 11) is 0. The summed E-state index contributed by atoms with van der Waals surface area (Å²) in [6.45, 7) is 0. The van der Waals surface area contributed by atoms with Crippen molar-refractivity contribution in [3.8, 4) is 11.3 Å². The largest absolute Gasteiger partial charge is 0.432 e. The van der Waals surface area contributed by atoms with Crippen LogP contribution in [-0.4, -0.2) is 9.38 Å². The molecule has 2 aromatic heterocycles. The second-order valence-corrected chi connectivity index (χ2v) is 5.10. The number of benzene rings is 1. The minimum Gasteiger partial charge on any atom is -0.432 e. The molecule has 0 aliphatic rings. The van der Waals surface area contributed by atoms with Crippen LogP contribution in [-0.2, 0) is 0 Å². The quantitative estimate of drug-likeness (QED) is 0.568. The Kier molecular flexibility index (Phi) is 3.79. The molecule has 0 aliphatic carbocycles. The van der Waals surface area contributed by atoms with E-state index in [1.165, 1.54) is 22.8 Å². The molecule has 0 radical (unpaired) electrons. The monoisotopic (exact) mass is 336 g/mol. The molecule has 5 nitrogen and oxygen atoms in total. The number of halogens is 3. The van der Waals surface area contributed by atoms with Crippen LogP contribution in [0.15, 0.2) is 52.4 Å². The van der Waals surface area contributed by atoms with Gasteiger partial charge in [-0.3, -0.25) is 4.40 Å². The lowest BCUT2D eigenvalue weighted by Crippen LogP contribution is -2.02. The zero-order chi connectivity index (χ0) is 16.6.